The standard InChI is InChI=1S/C16H28N2O3/c1-3-5-15(20)17-8-4-6-14(11-17)16(21)18-9-7-13(10-18)12(2)19/h12-14,19H,3-11H2,1-2H3. The van der Waals surface area contributed by atoms with Gasteiger partial charge in [-0.3, -0.25) is 9.59 Å². The fourth-order valence-corrected chi connectivity index (χ4v) is 3.42. The molecular weight excluding hydrogens is 268 g/mol. The van der Waals surface area contributed by atoms with Gasteiger partial charge in [-0.25, -0.2) is 0 Å². The van der Waals surface area contributed by atoms with Crippen molar-refractivity contribution < 1.29 is 14.7 Å². The first-order chi connectivity index (χ1) is 10.0. The molecule has 2 aliphatic rings. The van der Waals surface area contributed by atoms with Crippen molar-refractivity contribution in [1.82, 2.24) is 9.80 Å². The molecule has 2 rings (SSSR count). The molecule has 2 saturated heterocycles. The van der Waals surface area contributed by atoms with Crippen LogP contribution in [-0.4, -0.2) is 59.0 Å². The number of aliphatic hydroxyl groups excluding tert-OH is 1. The molecule has 0 aromatic carbocycles. The molecule has 3 atom stereocenters. The third kappa shape index (κ3) is 3.96. The summed E-state index contributed by atoms with van der Waals surface area (Å²) in [6.07, 6.45) is 3.76. The fourth-order valence-electron chi connectivity index (χ4n) is 3.42. The minimum Gasteiger partial charge on any atom is -0.393 e. The summed E-state index contributed by atoms with van der Waals surface area (Å²) >= 11 is 0. The van der Waals surface area contributed by atoms with Crippen molar-refractivity contribution in [3.8, 4) is 0 Å². The van der Waals surface area contributed by atoms with Gasteiger partial charge in [-0.15, -0.1) is 0 Å². The van der Waals surface area contributed by atoms with Crippen molar-refractivity contribution >= 4 is 11.8 Å². The summed E-state index contributed by atoms with van der Waals surface area (Å²) in [5.41, 5.74) is 0. The zero-order valence-corrected chi connectivity index (χ0v) is 13.3. The minimum atomic E-state index is -0.350. The van der Waals surface area contributed by atoms with Crippen LogP contribution < -0.4 is 0 Å². The molecule has 3 unspecified atom stereocenters. The summed E-state index contributed by atoms with van der Waals surface area (Å²) in [4.78, 5) is 28.3. The Labute approximate surface area is 127 Å². The van der Waals surface area contributed by atoms with Crippen LogP contribution in [0.5, 0.6) is 0 Å². The molecule has 2 fully saturated rings. The van der Waals surface area contributed by atoms with Crippen molar-refractivity contribution in [2.45, 2.75) is 52.1 Å². The summed E-state index contributed by atoms with van der Waals surface area (Å²) in [6.45, 7) is 6.57. The normalized spacial score (nSPS) is 27.8. The molecule has 5 heteroatoms. The van der Waals surface area contributed by atoms with Gasteiger partial charge >= 0.3 is 0 Å². The topological polar surface area (TPSA) is 60.9 Å². The Morgan fingerprint density at radius 1 is 1.19 bits per heavy atom. The average Bonchev–Trinajstić information content (AvgIpc) is 2.97. The average molecular weight is 296 g/mol. The molecule has 0 radical (unpaired) electrons. The number of likely N-dealkylation sites (tertiary alicyclic amines) is 2. The molecule has 1 N–H and O–H groups in total. The van der Waals surface area contributed by atoms with E-state index in [2.05, 4.69) is 0 Å². The van der Waals surface area contributed by atoms with Gasteiger partial charge in [0.2, 0.25) is 11.8 Å². The van der Waals surface area contributed by atoms with E-state index in [0.29, 0.717) is 19.5 Å². The maximum absolute atomic E-state index is 12.6. The van der Waals surface area contributed by atoms with Crippen molar-refractivity contribution in [1.29, 1.82) is 0 Å². The van der Waals surface area contributed by atoms with E-state index in [0.717, 1.165) is 38.8 Å². The van der Waals surface area contributed by atoms with Crippen molar-refractivity contribution in [3.05, 3.63) is 0 Å². The number of carbonyl (C=O) groups is 2. The van der Waals surface area contributed by atoms with E-state index in [1.807, 2.05) is 16.7 Å². The van der Waals surface area contributed by atoms with Crippen LogP contribution in [0.1, 0.15) is 46.0 Å². The van der Waals surface area contributed by atoms with Gasteiger partial charge in [0, 0.05) is 38.5 Å². The van der Waals surface area contributed by atoms with Gasteiger partial charge in [-0.1, -0.05) is 6.92 Å². The van der Waals surface area contributed by atoms with E-state index < -0.39 is 0 Å². The molecule has 2 heterocycles. The largest absolute Gasteiger partial charge is 0.393 e. The molecule has 0 aromatic heterocycles. The second kappa shape index (κ2) is 7.25. The highest BCUT2D eigenvalue weighted by Gasteiger charge is 2.35. The highest BCUT2D eigenvalue weighted by atomic mass is 16.3. The lowest BCUT2D eigenvalue weighted by Crippen LogP contribution is -2.46. The highest BCUT2D eigenvalue weighted by molar-refractivity contribution is 5.81. The Balaban J connectivity index is 1.89. The van der Waals surface area contributed by atoms with Crippen LogP contribution in [0.15, 0.2) is 0 Å². The van der Waals surface area contributed by atoms with E-state index >= 15 is 0 Å². The third-order valence-electron chi connectivity index (χ3n) is 4.81. The van der Waals surface area contributed by atoms with E-state index in [-0.39, 0.29) is 29.8 Å². The van der Waals surface area contributed by atoms with Gasteiger partial charge in [0.15, 0.2) is 0 Å². The lowest BCUT2D eigenvalue weighted by atomic mass is 9.96. The molecular formula is C16H28N2O3. The Kier molecular flexibility index (Phi) is 5.62. The third-order valence-corrected chi connectivity index (χ3v) is 4.81. The number of hydrogen-bond acceptors (Lipinski definition) is 3. The van der Waals surface area contributed by atoms with Crippen LogP contribution >= 0.6 is 0 Å². The molecule has 21 heavy (non-hydrogen) atoms. The predicted octanol–water partition coefficient (Wildman–Crippen LogP) is 1.25. The first kappa shape index (κ1) is 16.3. The van der Waals surface area contributed by atoms with E-state index in [9.17, 15) is 14.7 Å². The number of carbonyl (C=O) groups excluding carboxylic acids is 2. The first-order valence-electron chi connectivity index (χ1n) is 8.27. The van der Waals surface area contributed by atoms with Gasteiger partial charge in [0.25, 0.3) is 0 Å². The monoisotopic (exact) mass is 296 g/mol. The number of hydrogen-bond donors (Lipinski definition) is 1. The fraction of sp³-hybridized carbons (Fsp3) is 0.875. The summed E-state index contributed by atoms with van der Waals surface area (Å²) in [6, 6.07) is 0. The van der Waals surface area contributed by atoms with Crippen LogP contribution in [0.3, 0.4) is 0 Å². The van der Waals surface area contributed by atoms with Crippen molar-refractivity contribution in [2.75, 3.05) is 26.2 Å². The Morgan fingerprint density at radius 2 is 1.95 bits per heavy atom. The zero-order chi connectivity index (χ0) is 15.4. The van der Waals surface area contributed by atoms with Crippen LogP contribution in [-0.2, 0) is 9.59 Å². The van der Waals surface area contributed by atoms with Crippen LogP contribution in [0.2, 0.25) is 0 Å². The molecule has 0 spiro atoms. The smallest absolute Gasteiger partial charge is 0.227 e. The number of amides is 2. The SMILES string of the molecule is CCCC(=O)N1CCCC(C(=O)N2CCC(C(C)O)C2)C1. The maximum Gasteiger partial charge on any atom is 0.227 e. The van der Waals surface area contributed by atoms with Crippen LogP contribution in [0, 0.1) is 11.8 Å². The Morgan fingerprint density at radius 3 is 2.57 bits per heavy atom. The molecule has 120 valence electrons. The molecule has 0 aromatic rings. The summed E-state index contributed by atoms with van der Waals surface area (Å²) < 4.78 is 0. The number of aliphatic hydroxyl groups is 1. The predicted molar refractivity (Wildman–Crippen MR) is 80.6 cm³/mol. The van der Waals surface area contributed by atoms with E-state index in [1.54, 1.807) is 6.92 Å². The second-order valence-corrected chi connectivity index (χ2v) is 6.50. The summed E-state index contributed by atoms with van der Waals surface area (Å²) in [5, 5.41) is 9.65. The minimum absolute atomic E-state index is 0.0488. The highest BCUT2D eigenvalue weighted by Crippen LogP contribution is 2.25. The lowest BCUT2D eigenvalue weighted by molar-refractivity contribution is -0.140. The number of nitrogens with zero attached hydrogens (tertiary/aromatic N) is 2. The Bertz CT molecular complexity index is 384. The maximum atomic E-state index is 12.6. The molecule has 0 aliphatic carbocycles. The molecule has 2 aliphatic heterocycles. The van der Waals surface area contributed by atoms with Gasteiger partial charge in [0.1, 0.15) is 0 Å². The molecule has 0 saturated carbocycles. The lowest BCUT2D eigenvalue weighted by Gasteiger charge is -2.34. The zero-order valence-electron chi connectivity index (χ0n) is 13.3. The first-order valence-corrected chi connectivity index (χ1v) is 8.27. The second-order valence-electron chi connectivity index (χ2n) is 6.50. The van der Waals surface area contributed by atoms with Gasteiger partial charge < -0.3 is 14.9 Å². The van der Waals surface area contributed by atoms with E-state index in [4.69, 9.17) is 0 Å². The van der Waals surface area contributed by atoms with Crippen molar-refractivity contribution in [3.63, 3.8) is 0 Å². The van der Waals surface area contributed by atoms with Crippen molar-refractivity contribution in [2.24, 2.45) is 11.8 Å². The quantitative estimate of drug-likeness (QED) is 0.849. The van der Waals surface area contributed by atoms with Crippen LogP contribution in [0.25, 0.3) is 0 Å². The van der Waals surface area contributed by atoms with Gasteiger partial charge in [-0.05, 0) is 32.6 Å². The van der Waals surface area contributed by atoms with Crippen LogP contribution in [0.4, 0.5) is 0 Å². The van der Waals surface area contributed by atoms with Gasteiger partial charge in [-0.2, -0.15) is 0 Å². The van der Waals surface area contributed by atoms with E-state index in [1.165, 1.54) is 0 Å². The molecule has 0 bridgehead atoms. The van der Waals surface area contributed by atoms with Gasteiger partial charge in [0.05, 0.1) is 12.0 Å². The molecule has 2 amide bonds. The molecule has 5 nitrogen and oxygen atoms in total. The summed E-state index contributed by atoms with van der Waals surface area (Å²) in [7, 11) is 0. The summed E-state index contributed by atoms with van der Waals surface area (Å²) in [5.74, 6) is 0.507. The number of piperidine rings is 1. The Hall–Kier alpha value is -1.10. The number of rotatable bonds is 4.